The molecule has 0 atom stereocenters. The quantitative estimate of drug-likeness (QED) is 0.837. The molecule has 0 aliphatic carbocycles. The molecule has 1 amide bonds. The highest BCUT2D eigenvalue weighted by atomic mass is 16.2. The van der Waals surface area contributed by atoms with Gasteiger partial charge in [0.1, 0.15) is 5.78 Å². The van der Waals surface area contributed by atoms with Crippen molar-refractivity contribution in [2.24, 2.45) is 0 Å². The number of hydrogen-bond acceptors (Lipinski definition) is 3. The predicted octanol–water partition coefficient (Wildman–Crippen LogP) is 1.97. The summed E-state index contributed by atoms with van der Waals surface area (Å²) in [6.07, 6.45) is 1.67. The van der Waals surface area contributed by atoms with Crippen LogP contribution in [-0.4, -0.2) is 21.5 Å². The van der Waals surface area contributed by atoms with Crippen molar-refractivity contribution < 1.29 is 9.59 Å². The first-order valence-electron chi connectivity index (χ1n) is 5.85. The summed E-state index contributed by atoms with van der Waals surface area (Å²) in [4.78, 5) is 22.3. The first-order chi connectivity index (χ1) is 8.60. The van der Waals surface area contributed by atoms with Crippen LogP contribution in [-0.2, 0) is 16.1 Å². The van der Waals surface area contributed by atoms with Crippen molar-refractivity contribution in [1.29, 1.82) is 0 Å². The summed E-state index contributed by atoms with van der Waals surface area (Å²) in [5.74, 6) is -0.433. The Hall–Kier alpha value is -2.17. The van der Waals surface area contributed by atoms with Gasteiger partial charge in [0.25, 0.3) is 0 Å². The third-order valence-electron chi connectivity index (χ3n) is 2.63. The second kappa shape index (κ2) is 5.00. The van der Waals surface area contributed by atoms with Crippen LogP contribution in [0.15, 0.2) is 24.4 Å². The molecule has 0 aliphatic rings. The molecule has 0 saturated carbocycles. The Bertz CT molecular complexity index is 601. The van der Waals surface area contributed by atoms with Gasteiger partial charge in [0.15, 0.2) is 0 Å². The van der Waals surface area contributed by atoms with Gasteiger partial charge < -0.3 is 5.32 Å². The summed E-state index contributed by atoms with van der Waals surface area (Å²) in [6.45, 7) is 4.22. The molecule has 5 heteroatoms. The van der Waals surface area contributed by atoms with Gasteiger partial charge in [0.05, 0.1) is 18.1 Å². The van der Waals surface area contributed by atoms with Gasteiger partial charge in [-0.15, -0.1) is 0 Å². The number of carbonyl (C=O) groups excluding carboxylic acids is 2. The highest BCUT2D eigenvalue weighted by Crippen LogP contribution is 2.19. The molecule has 18 heavy (non-hydrogen) atoms. The fraction of sp³-hybridized carbons (Fsp3) is 0.308. The molecule has 1 heterocycles. The van der Waals surface area contributed by atoms with E-state index in [2.05, 4.69) is 10.4 Å². The van der Waals surface area contributed by atoms with Crippen LogP contribution in [0.3, 0.4) is 0 Å². The third-order valence-corrected chi connectivity index (χ3v) is 2.63. The molecule has 1 aromatic carbocycles. The fourth-order valence-electron chi connectivity index (χ4n) is 1.85. The van der Waals surface area contributed by atoms with E-state index in [1.54, 1.807) is 6.20 Å². The second-order valence-electron chi connectivity index (χ2n) is 4.16. The molecule has 0 unspecified atom stereocenters. The summed E-state index contributed by atoms with van der Waals surface area (Å²) in [7, 11) is 0. The Morgan fingerprint density at radius 2 is 2.17 bits per heavy atom. The number of nitrogens with one attached hydrogen (secondary N) is 1. The smallest absolute Gasteiger partial charge is 0.231 e. The van der Waals surface area contributed by atoms with E-state index in [4.69, 9.17) is 0 Å². The topological polar surface area (TPSA) is 64.0 Å². The summed E-state index contributed by atoms with van der Waals surface area (Å²) in [6, 6.07) is 5.58. The van der Waals surface area contributed by atoms with Gasteiger partial charge in [0, 0.05) is 17.6 Å². The molecule has 0 aliphatic heterocycles. The number of hydrogen-bond donors (Lipinski definition) is 1. The number of anilines is 1. The zero-order valence-corrected chi connectivity index (χ0v) is 10.4. The average molecular weight is 245 g/mol. The zero-order valence-electron chi connectivity index (χ0n) is 10.4. The highest BCUT2D eigenvalue weighted by Gasteiger charge is 2.07. The van der Waals surface area contributed by atoms with Crippen molar-refractivity contribution in [3.05, 3.63) is 24.4 Å². The van der Waals surface area contributed by atoms with Gasteiger partial charge in [-0.05, 0) is 32.0 Å². The van der Waals surface area contributed by atoms with Crippen LogP contribution in [0.5, 0.6) is 0 Å². The third kappa shape index (κ3) is 2.56. The fourth-order valence-corrected chi connectivity index (χ4v) is 1.85. The molecule has 1 aromatic heterocycles. The first-order valence-corrected chi connectivity index (χ1v) is 5.85. The number of ketones is 1. The summed E-state index contributed by atoms with van der Waals surface area (Å²) in [5, 5.41) is 7.90. The highest BCUT2D eigenvalue weighted by molar-refractivity contribution is 6.04. The van der Waals surface area contributed by atoms with E-state index in [1.165, 1.54) is 6.92 Å². The SMILES string of the molecule is CCn1ncc2cc(NC(=O)CC(C)=O)ccc21. The van der Waals surface area contributed by atoms with Crippen molar-refractivity contribution in [3.8, 4) is 0 Å². The van der Waals surface area contributed by atoms with Crippen molar-refractivity contribution in [1.82, 2.24) is 9.78 Å². The molecule has 2 aromatic rings. The van der Waals surface area contributed by atoms with Crippen LogP contribution in [0.4, 0.5) is 5.69 Å². The van der Waals surface area contributed by atoms with Gasteiger partial charge in [-0.3, -0.25) is 14.3 Å². The lowest BCUT2D eigenvalue weighted by molar-refractivity contribution is -0.124. The molecule has 5 nitrogen and oxygen atoms in total. The Balaban J connectivity index is 2.20. The Morgan fingerprint density at radius 3 is 2.83 bits per heavy atom. The number of fused-ring (bicyclic) bond motifs is 1. The minimum atomic E-state index is -0.287. The molecule has 0 saturated heterocycles. The minimum absolute atomic E-state index is 0.0910. The monoisotopic (exact) mass is 245 g/mol. The maximum atomic E-state index is 11.5. The molecule has 0 radical (unpaired) electrons. The van der Waals surface area contributed by atoms with E-state index >= 15 is 0 Å². The van der Waals surface area contributed by atoms with E-state index < -0.39 is 0 Å². The van der Waals surface area contributed by atoms with Crippen LogP contribution in [0.2, 0.25) is 0 Å². The number of nitrogens with zero attached hydrogens (tertiary/aromatic N) is 2. The summed E-state index contributed by atoms with van der Waals surface area (Å²) < 4.78 is 1.89. The molecule has 0 bridgehead atoms. The van der Waals surface area contributed by atoms with E-state index in [0.29, 0.717) is 5.69 Å². The van der Waals surface area contributed by atoms with Crippen molar-refractivity contribution >= 4 is 28.3 Å². The number of aromatic nitrogens is 2. The molecule has 1 N–H and O–H groups in total. The largest absolute Gasteiger partial charge is 0.326 e. The van der Waals surface area contributed by atoms with Crippen LogP contribution < -0.4 is 5.32 Å². The van der Waals surface area contributed by atoms with Crippen molar-refractivity contribution in [2.45, 2.75) is 26.8 Å². The Morgan fingerprint density at radius 1 is 1.39 bits per heavy atom. The maximum absolute atomic E-state index is 11.5. The van der Waals surface area contributed by atoms with Crippen LogP contribution >= 0.6 is 0 Å². The minimum Gasteiger partial charge on any atom is -0.326 e. The lowest BCUT2D eigenvalue weighted by Gasteiger charge is -2.04. The van der Waals surface area contributed by atoms with Crippen LogP contribution in [0, 0.1) is 0 Å². The van der Waals surface area contributed by atoms with Gasteiger partial charge in [0.2, 0.25) is 5.91 Å². The summed E-state index contributed by atoms with van der Waals surface area (Å²) in [5.41, 5.74) is 1.71. The molecule has 94 valence electrons. The van der Waals surface area contributed by atoms with E-state index in [1.807, 2.05) is 29.8 Å². The number of amides is 1. The van der Waals surface area contributed by atoms with Gasteiger partial charge in [-0.25, -0.2) is 0 Å². The number of carbonyl (C=O) groups is 2. The average Bonchev–Trinajstić information content (AvgIpc) is 2.69. The molecular formula is C13H15N3O2. The van der Waals surface area contributed by atoms with Crippen LogP contribution in [0.25, 0.3) is 10.9 Å². The number of rotatable bonds is 4. The van der Waals surface area contributed by atoms with Crippen molar-refractivity contribution in [3.63, 3.8) is 0 Å². The van der Waals surface area contributed by atoms with E-state index in [9.17, 15) is 9.59 Å². The first kappa shape index (κ1) is 12.3. The summed E-state index contributed by atoms with van der Waals surface area (Å²) >= 11 is 0. The zero-order chi connectivity index (χ0) is 13.1. The second-order valence-corrected chi connectivity index (χ2v) is 4.16. The van der Waals surface area contributed by atoms with E-state index in [0.717, 1.165) is 17.4 Å². The Labute approximate surface area is 105 Å². The van der Waals surface area contributed by atoms with Crippen LogP contribution in [0.1, 0.15) is 20.3 Å². The molecule has 0 spiro atoms. The van der Waals surface area contributed by atoms with E-state index in [-0.39, 0.29) is 18.1 Å². The molecular weight excluding hydrogens is 230 g/mol. The molecule has 0 fully saturated rings. The number of Topliss-reactive ketones (excluding diaryl/α,β-unsaturated/α-hetero) is 1. The van der Waals surface area contributed by atoms with Gasteiger partial charge in [-0.1, -0.05) is 0 Å². The van der Waals surface area contributed by atoms with Crippen molar-refractivity contribution in [2.75, 3.05) is 5.32 Å². The standard InChI is InChI=1S/C13H15N3O2/c1-3-16-12-5-4-11(7-10(12)8-14-16)15-13(18)6-9(2)17/h4-5,7-8H,3,6H2,1-2H3,(H,15,18). The Kier molecular flexibility index (Phi) is 3.41. The van der Waals surface area contributed by atoms with Gasteiger partial charge >= 0.3 is 0 Å². The lowest BCUT2D eigenvalue weighted by atomic mass is 10.2. The number of aryl methyl sites for hydroxylation is 1. The predicted molar refractivity (Wildman–Crippen MR) is 69.3 cm³/mol. The molecule has 2 rings (SSSR count). The maximum Gasteiger partial charge on any atom is 0.231 e. The van der Waals surface area contributed by atoms with Gasteiger partial charge in [-0.2, -0.15) is 5.10 Å². The number of benzene rings is 1. The lowest BCUT2D eigenvalue weighted by Crippen LogP contribution is -2.14. The normalized spacial score (nSPS) is 10.6.